The molecular formula is C14H18ClF3N4O. The molecule has 0 spiro atoms. The molecule has 3 N–H and O–H groups in total. The van der Waals surface area contributed by atoms with E-state index in [0.717, 1.165) is 0 Å². The fraction of sp³-hybridized carbons (Fsp3) is 0.429. The van der Waals surface area contributed by atoms with Gasteiger partial charge in [-0.3, -0.25) is 9.79 Å². The van der Waals surface area contributed by atoms with Crippen molar-refractivity contribution in [1.82, 2.24) is 16.0 Å². The number of carbonyl (C=O) groups is 1. The van der Waals surface area contributed by atoms with Crippen molar-refractivity contribution < 1.29 is 18.0 Å². The second kappa shape index (κ2) is 9.24. The summed E-state index contributed by atoms with van der Waals surface area (Å²) in [4.78, 5) is 15.7. The number of aliphatic imine (C=N–C) groups is 1. The predicted molar refractivity (Wildman–Crippen MR) is 83.8 cm³/mol. The molecule has 0 saturated carbocycles. The molecule has 1 aromatic rings. The van der Waals surface area contributed by atoms with Gasteiger partial charge in [0.25, 0.3) is 5.91 Å². The van der Waals surface area contributed by atoms with Gasteiger partial charge in [-0.25, -0.2) is 0 Å². The number of carbonyl (C=O) groups excluding carboxylic acids is 1. The van der Waals surface area contributed by atoms with Crippen LogP contribution in [-0.4, -0.2) is 44.7 Å². The maximum Gasteiger partial charge on any atom is 0.390 e. The summed E-state index contributed by atoms with van der Waals surface area (Å²) in [7, 11) is 1.45. The number of alkyl halides is 3. The topological polar surface area (TPSA) is 65.5 Å². The highest BCUT2D eigenvalue weighted by atomic mass is 35.5. The average Bonchev–Trinajstić information content (AvgIpc) is 2.48. The molecule has 9 heteroatoms. The van der Waals surface area contributed by atoms with Crippen molar-refractivity contribution in [3.8, 4) is 0 Å². The van der Waals surface area contributed by atoms with Gasteiger partial charge in [-0.1, -0.05) is 23.7 Å². The van der Waals surface area contributed by atoms with Crippen molar-refractivity contribution in [2.24, 2.45) is 4.99 Å². The standard InChI is InChI=1S/C14H18ClF3N4O/c1-19-13(21-7-6-14(16,17)18)22-9-8-20-12(23)10-4-2-3-5-11(10)15/h2-5H,6-9H2,1H3,(H,20,23)(H2,19,21,22). The molecule has 0 aliphatic heterocycles. The van der Waals surface area contributed by atoms with Gasteiger partial charge in [-0.15, -0.1) is 0 Å². The maximum absolute atomic E-state index is 12.0. The largest absolute Gasteiger partial charge is 0.390 e. The quantitative estimate of drug-likeness (QED) is 0.418. The highest BCUT2D eigenvalue weighted by molar-refractivity contribution is 6.33. The smallest absolute Gasteiger partial charge is 0.356 e. The number of amides is 1. The molecule has 1 amide bonds. The van der Waals surface area contributed by atoms with Crippen LogP contribution in [0.3, 0.4) is 0 Å². The number of nitrogens with one attached hydrogen (secondary N) is 3. The lowest BCUT2D eigenvalue weighted by atomic mass is 10.2. The number of benzene rings is 1. The van der Waals surface area contributed by atoms with E-state index in [9.17, 15) is 18.0 Å². The first-order valence-corrected chi connectivity index (χ1v) is 7.25. The lowest BCUT2D eigenvalue weighted by Crippen LogP contribution is -2.42. The van der Waals surface area contributed by atoms with Crippen LogP contribution in [0.1, 0.15) is 16.8 Å². The van der Waals surface area contributed by atoms with E-state index in [2.05, 4.69) is 20.9 Å². The van der Waals surface area contributed by atoms with Gasteiger partial charge >= 0.3 is 6.18 Å². The Bertz CT molecular complexity index is 549. The summed E-state index contributed by atoms with van der Waals surface area (Å²) in [6.07, 6.45) is -5.16. The lowest BCUT2D eigenvalue weighted by molar-refractivity contribution is -0.132. The predicted octanol–water partition coefficient (Wildman–Crippen LogP) is 2.19. The molecule has 5 nitrogen and oxygen atoms in total. The molecule has 0 radical (unpaired) electrons. The summed E-state index contributed by atoms with van der Waals surface area (Å²) in [5.74, 6) is -0.0846. The Morgan fingerprint density at radius 2 is 1.74 bits per heavy atom. The van der Waals surface area contributed by atoms with Crippen molar-refractivity contribution in [2.75, 3.05) is 26.7 Å². The van der Waals surface area contributed by atoms with Gasteiger partial charge in [0.1, 0.15) is 0 Å². The normalized spacial score (nSPS) is 12.0. The van der Waals surface area contributed by atoms with Crippen molar-refractivity contribution in [2.45, 2.75) is 12.6 Å². The van der Waals surface area contributed by atoms with Crippen LogP contribution in [0.15, 0.2) is 29.3 Å². The number of halogens is 4. The fourth-order valence-corrected chi connectivity index (χ4v) is 1.86. The third kappa shape index (κ3) is 7.73. The average molecular weight is 351 g/mol. The highest BCUT2D eigenvalue weighted by Gasteiger charge is 2.26. The lowest BCUT2D eigenvalue weighted by Gasteiger charge is -2.13. The summed E-state index contributed by atoms with van der Waals surface area (Å²) in [5.41, 5.74) is 0.363. The van der Waals surface area contributed by atoms with E-state index >= 15 is 0 Å². The second-order valence-corrected chi connectivity index (χ2v) is 4.93. The summed E-state index contributed by atoms with van der Waals surface area (Å²) in [5, 5.41) is 8.34. The Morgan fingerprint density at radius 3 is 2.35 bits per heavy atom. The van der Waals surface area contributed by atoms with E-state index in [-0.39, 0.29) is 25.0 Å². The molecule has 0 aliphatic rings. The zero-order valence-corrected chi connectivity index (χ0v) is 13.3. The first-order chi connectivity index (χ1) is 10.8. The van der Waals surface area contributed by atoms with E-state index in [0.29, 0.717) is 17.1 Å². The maximum atomic E-state index is 12.0. The second-order valence-electron chi connectivity index (χ2n) is 4.53. The van der Waals surface area contributed by atoms with E-state index < -0.39 is 12.6 Å². The van der Waals surface area contributed by atoms with Crippen LogP contribution in [0, 0.1) is 0 Å². The molecule has 0 bridgehead atoms. The fourth-order valence-electron chi connectivity index (χ4n) is 1.64. The Morgan fingerprint density at radius 1 is 1.13 bits per heavy atom. The minimum Gasteiger partial charge on any atom is -0.356 e. The molecule has 0 aliphatic carbocycles. The molecule has 0 unspecified atom stereocenters. The number of guanidine groups is 1. The summed E-state index contributed by atoms with van der Waals surface area (Å²) in [6.45, 7) is 0.307. The van der Waals surface area contributed by atoms with E-state index in [4.69, 9.17) is 11.6 Å². The minimum absolute atomic E-state index is 0.237. The number of hydrogen-bond acceptors (Lipinski definition) is 2. The minimum atomic E-state index is -4.21. The molecule has 23 heavy (non-hydrogen) atoms. The highest BCUT2D eigenvalue weighted by Crippen LogP contribution is 2.18. The molecule has 1 aromatic carbocycles. The zero-order valence-electron chi connectivity index (χ0n) is 12.5. The van der Waals surface area contributed by atoms with Gasteiger partial charge in [-0.05, 0) is 12.1 Å². The monoisotopic (exact) mass is 350 g/mol. The number of hydrogen-bond donors (Lipinski definition) is 3. The molecule has 0 aromatic heterocycles. The number of rotatable bonds is 6. The first kappa shape index (κ1) is 19.1. The Hall–Kier alpha value is -1.96. The van der Waals surface area contributed by atoms with Gasteiger partial charge in [-0.2, -0.15) is 13.2 Å². The Kier molecular flexibility index (Phi) is 7.67. The zero-order chi connectivity index (χ0) is 17.3. The van der Waals surface area contributed by atoms with Crippen LogP contribution in [0.5, 0.6) is 0 Å². The summed E-state index contributed by atoms with van der Waals surface area (Å²) >= 11 is 5.90. The van der Waals surface area contributed by atoms with Gasteiger partial charge in [0.2, 0.25) is 0 Å². The Balaban J connectivity index is 2.28. The van der Waals surface area contributed by atoms with Crippen LogP contribution in [-0.2, 0) is 0 Å². The molecule has 1 rings (SSSR count). The van der Waals surface area contributed by atoms with Crippen LogP contribution in [0.4, 0.5) is 13.2 Å². The molecule has 0 heterocycles. The number of nitrogens with zero attached hydrogens (tertiary/aromatic N) is 1. The SMILES string of the molecule is CN=C(NCCNC(=O)c1ccccc1Cl)NCCC(F)(F)F. The van der Waals surface area contributed by atoms with Gasteiger partial charge in [0.15, 0.2) is 5.96 Å². The molecule has 0 fully saturated rings. The molecule has 0 saturated heterocycles. The van der Waals surface area contributed by atoms with Crippen LogP contribution >= 0.6 is 11.6 Å². The third-order valence-corrected chi connectivity index (χ3v) is 3.08. The van der Waals surface area contributed by atoms with Crippen molar-refractivity contribution in [1.29, 1.82) is 0 Å². The summed E-state index contributed by atoms with van der Waals surface area (Å²) < 4.78 is 36.1. The summed E-state index contributed by atoms with van der Waals surface area (Å²) in [6, 6.07) is 6.63. The van der Waals surface area contributed by atoms with Crippen molar-refractivity contribution >= 4 is 23.5 Å². The van der Waals surface area contributed by atoms with Gasteiger partial charge < -0.3 is 16.0 Å². The van der Waals surface area contributed by atoms with E-state index in [1.54, 1.807) is 24.3 Å². The van der Waals surface area contributed by atoms with Gasteiger partial charge in [0.05, 0.1) is 17.0 Å². The molecule has 128 valence electrons. The Labute approximate surface area is 137 Å². The van der Waals surface area contributed by atoms with Crippen molar-refractivity contribution in [3.63, 3.8) is 0 Å². The molecular weight excluding hydrogens is 333 g/mol. The first-order valence-electron chi connectivity index (χ1n) is 6.87. The van der Waals surface area contributed by atoms with Crippen LogP contribution in [0.25, 0.3) is 0 Å². The van der Waals surface area contributed by atoms with E-state index in [1.165, 1.54) is 7.05 Å². The van der Waals surface area contributed by atoms with Crippen LogP contribution < -0.4 is 16.0 Å². The van der Waals surface area contributed by atoms with Crippen molar-refractivity contribution in [3.05, 3.63) is 34.9 Å². The third-order valence-electron chi connectivity index (χ3n) is 2.75. The van der Waals surface area contributed by atoms with E-state index in [1.807, 2.05) is 0 Å². The molecule has 0 atom stereocenters. The van der Waals surface area contributed by atoms with Gasteiger partial charge in [0, 0.05) is 26.7 Å². The van der Waals surface area contributed by atoms with Crippen LogP contribution in [0.2, 0.25) is 5.02 Å².